The van der Waals surface area contributed by atoms with Crippen molar-refractivity contribution in [2.24, 2.45) is 13.0 Å². The highest BCUT2D eigenvalue weighted by Gasteiger charge is 2.29. The Morgan fingerprint density at radius 2 is 2.35 bits per heavy atom. The van der Waals surface area contributed by atoms with Gasteiger partial charge in [-0.25, -0.2) is 9.48 Å². The van der Waals surface area contributed by atoms with Crippen LogP contribution in [0.25, 0.3) is 5.69 Å². The summed E-state index contributed by atoms with van der Waals surface area (Å²) < 4.78 is 3.44. The lowest BCUT2D eigenvalue weighted by Crippen LogP contribution is -2.16. The minimum atomic E-state index is -0.944. The van der Waals surface area contributed by atoms with E-state index in [9.17, 15) is 9.90 Å². The monoisotopic (exact) mass is 274 g/mol. The van der Waals surface area contributed by atoms with Crippen LogP contribution >= 0.6 is 0 Å². The van der Waals surface area contributed by atoms with Crippen LogP contribution in [-0.4, -0.2) is 30.6 Å². The molecule has 0 fully saturated rings. The van der Waals surface area contributed by atoms with Crippen LogP contribution in [0.4, 0.5) is 0 Å². The Labute approximate surface area is 117 Å². The molecule has 0 radical (unpaired) electrons. The molecule has 2 aromatic rings. The average molecular weight is 274 g/mol. The lowest BCUT2D eigenvalue weighted by atomic mass is 9.85. The molecule has 3 rings (SSSR count). The third kappa shape index (κ3) is 2.01. The van der Waals surface area contributed by atoms with E-state index in [0.717, 1.165) is 42.6 Å². The SMILES string of the molecule is CCC1CCc2c(c(C(=O)O)nn2-c2cnn(C)c2)C1. The number of aromatic nitrogens is 4. The smallest absolute Gasteiger partial charge is 0.356 e. The van der Waals surface area contributed by atoms with E-state index in [2.05, 4.69) is 17.1 Å². The highest BCUT2D eigenvalue weighted by molar-refractivity contribution is 5.87. The third-order valence-electron chi connectivity index (χ3n) is 4.09. The van der Waals surface area contributed by atoms with E-state index in [-0.39, 0.29) is 5.69 Å². The molecule has 1 N–H and O–H groups in total. The zero-order valence-electron chi connectivity index (χ0n) is 11.7. The molecule has 0 amide bonds. The van der Waals surface area contributed by atoms with Crippen molar-refractivity contribution in [1.82, 2.24) is 19.6 Å². The predicted octanol–water partition coefficient (Wildman–Crippen LogP) is 1.82. The van der Waals surface area contributed by atoms with Crippen molar-refractivity contribution in [3.8, 4) is 5.69 Å². The molecule has 6 nitrogen and oxygen atoms in total. The van der Waals surface area contributed by atoms with E-state index in [4.69, 9.17) is 0 Å². The topological polar surface area (TPSA) is 72.9 Å². The van der Waals surface area contributed by atoms with Crippen molar-refractivity contribution < 1.29 is 9.90 Å². The molecule has 0 saturated heterocycles. The van der Waals surface area contributed by atoms with Gasteiger partial charge < -0.3 is 5.11 Å². The standard InChI is InChI=1S/C14H18N4O2/c1-3-9-4-5-12-11(6-9)13(14(19)20)16-18(12)10-7-15-17(2)8-10/h7-9H,3-6H2,1-2H3,(H,19,20). The fraction of sp³-hybridized carbons (Fsp3) is 0.500. The van der Waals surface area contributed by atoms with E-state index in [1.54, 1.807) is 15.6 Å². The summed E-state index contributed by atoms with van der Waals surface area (Å²) >= 11 is 0. The zero-order valence-corrected chi connectivity index (χ0v) is 11.7. The van der Waals surface area contributed by atoms with Crippen molar-refractivity contribution in [2.75, 3.05) is 0 Å². The Hall–Kier alpha value is -2.11. The van der Waals surface area contributed by atoms with Crippen LogP contribution in [0.5, 0.6) is 0 Å². The molecule has 0 bridgehead atoms. The molecule has 0 saturated carbocycles. The first-order chi connectivity index (χ1) is 9.60. The predicted molar refractivity (Wildman–Crippen MR) is 73.1 cm³/mol. The van der Waals surface area contributed by atoms with Gasteiger partial charge in [-0.15, -0.1) is 0 Å². The maximum Gasteiger partial charge on any atom is 0.356 e. The molecular formula is C14H18N4O2. The first kappa shape index (κ1) is 12.9. The van der Waals surface area contributed by atoms with Crippen LogP contribution in [0.3, 0.4) is 0 Å². The van der Waals surface area contributed by atoms with Crippen LogP contribution in [0.1, 0.15) is 41.5 Å². The van der Waals surface area contributed by atoms with Crippen molar-refractivity contribution >= 4 is 5.97 Å². The van der Waals surface area contributed by atoms with Crippen molar-refractivity contribution in [1.29, 1.82) is 0 Å². The van der Waals surface area contributed by atoms with Gasteiger partial charge in [0.1, 0.15) is 5.69 Å². The van der Waals surface area contributed by atoms with Crippen molar-refractivity contribution in [2.45, 2.75) is 32.6 Å². The van der Waals surface area contributed by atoms with Gasteiger partial charge in [-0.3, -0.25) is 4.68 Å². The molecule has 2 heterocycles. The summed E-state index contributed by atoms with van der Waals surface area (Å²) in [5.41, 5.74) is 2.95. The van der Waals surface area contributed by atoms with Crippen LogP contribution in [0.15, 0.2) is 12.4 Å². The third-order valence-corrected chi connectivity index (χ3v) is 4.09. The number of nitrogens with zero attached hydrogens (tertiary/aromatic N) is 4. The summed E-state index contributed by atoms with van der Waals surface area (Å²) in [5.74, 6) is -0.382. The Kier molecular flexibility index (Phi) is 3.08. The van der Waals surface area contributed by atoms with Gasteiger partial charge in [0.15, 0.2) is 5.69 Å². The minimum absolute atomic E-state index is 0.196. The quantitative estimate of drug-likeness (QED) is 0.926. The summed E-state index contributed by atoms with van der Waals surface area (Å²) in [6.07, 6.45) is 7.43. The molecule has 1 aliphatic rings. The Morgan fingerprint density at radius 3 is 2.95 bits per heavy atom. The van der Waals surface area contributed by atoms with Gasteiger partial charge in [-0.05, 0) is 25.2 Å². The first-order valence-corrected chi connectivity index (χ1v) is 6.93. The molecule has 0 aliphatic heterocycles. The highest BCUT2D eigenvalue weighted by Crippen LogP contribution is 2.31. The maximum atomic E-state index is 11.4. The number of rotatable bonds is 3. The van der Waals surface area contributed by atoms with Crippen LogP contribution in [0, 0.1) is 5.92 Å². The molecule has 2 aromatic heterocycles. The lowest BCUT2D eigenvalue weighted by Gasteiger charge is -2.21. The van der Waals surface area contributed by atoms with Gasteiger partial charge in [0.2, 0.25) is 0 Å². The second-order valence-corrected chi connectivity index (χ2v) is 5.38. The first-order valence-electron chi connectivity index (χ1n) is 6.93. The molecule has 0 spiro atoms. The highest BCUT2D eigenvalue weighted by atomic mass is 16.4. The maximum absolute atomic E-state index is 11.4. The number of aromatic carboxylic acids is 1. The molecule has 6 heteroatoms. The Morgan fingerprint density at radius 1 is 1.55 bits per heavy atom. The van der Waals surface area contributed by atoms with E-state index in [1.807, 2.05) is 13.2 Å². The fourth-order valence-electron chi connectivity index (χ4n) is 2.94. The number of carboxylic acid groups (broad SMARTS) is 1. The number of hydrogen-bond acceptors (Lipinski definition) is 3. The minimum Gasteiger partial charge on any atom is -0.476 e. The Balaban J connectivity index is 2.11. The Bertz CT molecular complexity index is 656. The summed E-state index contributed by atoms with van der Waals surface area (Å²) in [6, 6.07) is 0. The number of carboxylic acids is 1. The normalized spacial score (nSPS) is 18.0. The summed E-state index contributed by atoms with van der Waals surface area (Å²) in [4.78, 5) is 11.4. The molecular weight excluding hydrogens is 256 g/mol. The number of carbonyl (C=O) groups is 1. The van der Waals surface area contributed by atoms with Crippen LogP contribution in [0.2, 0.25) is 0 Å². The summed E-state index contributed by atoms with van der Waals surface area (Å²) in [5, 5.41) is 17.8. The number of fused-ring (bicyclic) bond motifs is 1. The van der Waals surface area contributed by atoms with Crippen LogP contribution in [-0.2, 0) is 19.9 Å². The molecule has 106 valence electrons. The largest absolute Gasteiger partial charge is 0.476 e. The van der Waals surface area contributed by atoms with Crippen LogP contribution < -0.4 is 0 Å². The lowest BCUT2D eigenvalue weighted by molar-refractivity contribution is 0.0688. The van der Waals surface area contributed by atoms with E-state index < -0.39 is 5.97 Å². The summed E-state index contributed by atoms with van der Waals surface area (Å²) in [7, 11) is 1.84. The molecule has 20 heavy (non-hydrogen) atoms. The molecule has 1 aliphatic carbocycles. The van der Waals surface area contributed by atoms with Crippen molar-refractivity contribution in [3.05, 3.63) is 29.3 Å². The van der Waals surface area contributed by atoms with Gasteiger partial charge in [0, 0.05) is 18.3 Å². The second kappa shape index (κ2) is 4.77. The van der Waals surface area contributed by atoms with Gasteiger partial charge in [-0.2, -0.15) is 10.2 Å². The summed E-state index contributed by atoms with van der Waals surface area (Å²) in [6.45, 7) is 2.15. The number of aryl methyl sites for hydroxylation is 1. The zero-order chi connectivity index (χ0) is 14.3. The van der Waals surface area contributed by atoms with Gasteiger partial charge in [-0.1, -0.05) is 13.3 Å². The van der Waals surface area contributed by atoms with Gasteiger partial charge in [0.05, 0.1) is 12.4 Å². The van der Waals surface area contributed by atoms with Gasteiger partial charge in [0.25, 0.3) is 0 Å². The van der Waals surface area contributed by atoms with Gasteiger partial charge >= 0.3 is 5.97 Å². The van der Waals surface area contributed by atoms with Crippen molar-refractivity contribution in [3.63, 3.8) is 0 Å². The van der Waals surface area contributed by atoms with E-state index in [0.29, 0.717) is 5.92 Å². The molecule has 0 aromatic carbocycles. The second-order valence-electron chi connectivity index (χ2n) is 5.38. The van der Waals surface area contributed by atoms with E-state index >= 15 is 0 Å². The average Bonchev–Trinajstić information content (AvgIpc) is 3.01. The molecule has 1 atom stereocenters. The molecule has 1 unspecified atom stereocenters. The fourth-order valence-corrected chi connectivity index (χ4v) is 2.94. The number of hydrogen-bond donors (Lipinski definition) is 1. The van der Waals surface area contributed by atoms with E-state index in [1.165, 1.54) is 0 Å².